The Morgan fingerprint density at radius 1 is 1.04 bits per heavy atom. The highest BCUT2D eigenvalue weighted by Crippen LogP contribution is 2.55. The first-order valence-electron chi connectivity index (χ1n) is 10.3. The van der Waals surface area contributed by atoms with E-state index in [1.165, 1.54) is 19.3 Å². The molecule has 4 saturated carbocycles. The second-order valence-corrected chi connectivity index (χ2v) is 9.42. The van der Waals surface area contributed by atoms with Gasteiger partial charge < -0.3 is 21.1 Å². The van der Waals surface area contributed by atoms with Gasteiger partial charge in [-0.25, -0.2) is 9.59 Å². The number of aliphatic carboxylic acids is 1. The van der Waals surface area contributed by atoms with Crippen LogP contribution in [0.5, 0.6) is 0 Å². The van der Waals surface area contributed by atoms with Gasteiger partial charge in [0.25, 0.3) is 0 Å². The average molecular weight is 380 g/mol. The standard InChI is InChI=1S/C20H33N3O4/c1-12(2)5-16(18(25)26)22-17(24)3-4-21-19(27)23-20-9-13-6-14(10-20)8-15(7-13)11-20/h12-16H,3-11H2,1-2H3,(H,22,24)(H,25,26)(H2,21,23,27)/t13?,14?,15?,16-,20?/m1/s1. The van der Waals surface area contributed by atoms with Gasteiger partial charge in [-0.15, -0.1) is 0 Å². The molecule has 0 aromatic carbocycles. The lowest BCUT2D eigenvalue weighted by Gasteiger charge is -2.56. The number of nitrogens with one attached hydrogen (secondary N) is 3. The molecule has 0 unspecified atom stereocenters. The number of urea groups is 1. The minimum atomic E-state index is -1.02. The minimum Gasteiger partial charge on any atom is -0.480 e. The van der Waals surface area contributed by atoms with Crippen molar-refractivity contribution in [3.63, 3.8) is 0 Å². The van der Waals surface area contributed by atoms with E-state index < -0.39 is 12.0 Å². The van der Waals surface area contributed by atoms with Crippen LogP contribution in [-0.2, 0) is 9.59 Å². The Morgan fingerprint density at radius 2 is 1.59 bits per heavy atom. The van der Waals surface area contributed by atoms with Gasteiger partial charge in [0, 0.05) is 18.5 Å². The zero-order valence-corrected chi connectivity index (χ0v) is 16.4. The molecular formula is C20H33N3O4. The highest BCUT2D eigenvalue weighted by Gasteiger charge is 2.51. The van der Waals surface area contributed by atoms with Gasteiger partial charge in [0.2, 0.25) is 5.91 Å². The predicted molar refractivity (Wildman–Crippen MR) is 101 cm³/mol. The van der Waals surface area contributed by atoms with E-state index in [1.54, 1.807) is 0 Å². The molecule has 4 bridgehead atoms. The molecule has 4 N–H and O–H groups in total. The lowest BCUT2D eigenvalue weighted by atomic mass is 9.53. The van der Waals surface area contributed by atoms with E-state index in [0.717, 1.165) is 37.0 Å². The maximum Gasteiger partial charge on any atom is 0.326 e. The van der Waals surface area contributed by atoms with Crippen LogP contribution >= 0.6 is 0 Å². The summed E-state index contributed by atoms with van der Waals surface area (Å²) in [7, 11) is 0. The molecule has 4 aliphatic carbocycles. The smallest absolute Gasteiger partial charge is 0.326 e. The van der Waals surface area contributed by atoms with E-state index in [1.807, 2.05) is 13.8 Å². The molecule has 0 heterocycles. The fourth-order valence-electron chi connectivity index (χ4n) is 5.80. The summed E-state index contributed by atoms with van der Waals surface area (Å²) in [6, 6.07) is -1.08. The van der Waals surface area contributed by atoms with Gasteiger partial charge in [-0.1, -0.05) is 13.8 Å². The van der Waals surface area contributed by atoms with Crippen molar-refractivity contribution in [2.45, 2.75) is 76.8 Å². The average Bonchev–Trinajstić information content (AvgIpc) is 2.51. The van der Waals surface area contributed by atoms with Crippen LogP contribution < -0.4 is 16.0 Å². The molecule has 0 aromatic rings. The molecule has 0 spiro atoms. The first kappa shape index (κ1) is 20.0. The van der Waals surface area contributed by atoms with Crippen molar-refractivity contribution in [2.75, 3.05) is 6.54 Å². The minimum absolute atomic E-state index is 0.0488. The fourth-order valence-corrected chi connectivity index (χ4v) is 5.80. The lowest BCUT2D eigenvalue weighted by molar-refractivity contribution is -0.142. The van der Waals surface area contributed by atoms with Crippen molar-refractivity contribution in [3.8, 4) is 0 Å². The van der Waals surface area contributed by atoms with Gasteiger partial charge in [-0.3, -0.25) is 4.79 Å². The first-order valence-corrected chi connectivity index (χ1v) is 10.3. The van der Waals surface area contributed by atoms with Crippen LogP contribution in [0.25, 0.3) is 0 Å². The molecule has 3 amide bonds. The van der Waals surface area contributed by atoms with Gasteiger partial charge >= 0.3 is 12.0 Å². The molecule has 0 aromatic heterocycles. The zero-order chi connectivity index (χ0) is 19.6. The van der Waals surface area contributed by atoms with Crippen molar-refractivity contribution < 1.29 is 19.5 Å². The SMILES string of the molecule is CC(C)C[C@@H](NC(=O)CCNC(=O)NC12CC3CC(CC(C3)C1)C2)C(=O)O. The van der Waals surface area contributed by atoms with Crippen LogP contribution in [0, 0.1) is 23.7 Å². The lowest BCUT2D eigenvalue weighted by Crippen LogP contribution is -2.61. The Kier molecular flexibility index (Phi) is 5.96. The predicted octanol–water partition coefficient (Wildman–Crippen LogP) is 2.26. The number of carbonyl (C=O) groups is 3. The Bertz CT molecular complexity index is 554. The molecule has 0 aliphatic heterocycles. The number of carboxylic acids is 1. The van der Waals surface area contributed by atoms with E-state index in [9.17, 15) is 19.5 Å². The highest BCUT2D eigenvalue weighted by atomic mass is 16.4. The summed E-state index contributed by atoms with van der Waals surface area (Å²) >= 11 is 0. The number of amides is 3. The molecule has 7 heteroatoms. The van der Waals surface area contributed by atoms with E-state index in [-0.39, 0.29) is 36.4 Å². The summed E-state index contributed by atoms with van der Waals surface area (Å²) in [4.78, 5) is 35.5. The van der Waals surface area contributed by atoms with E-state index in [0.29, 0.717) is 6.42 Å². The number of carbonyl (C=O) groups excluding carboxylic acids is 2. The summed E-state index contributed by atoms with van der Waals surface area (Å²) in [5, 5.41) is 17.7. The summed E-state index contributed by atoms with van der Waals surface area (Å²) in [6.45, 7) is 4.04. The molecule has 4 fully saturated rings. The quantitative estimate of drug-likeness (QED) is 0.519. The van der Waals surface area contributed by atoms with Crippen LogP contribution in [0.2, 0.25) is 0 Å². The Morgan fingerprint density at radius 3 is 2.07 bits per heavy atom. The summed E-state index contributed by atoms with van der Waals surface area (Å²) in [5.74, 6) is 1.09. The van der Waals surface area contributed by atoms with E-state index in [2.05, 4.69) is 16.0 Å². The number of carboxylic acid groups (broad SMARTS) is 1. The maximum atomic E-state index is 12.3. The van der Waals surface area contributed by atoms with Gasteiger partial charge in [-0.05, 0) is 68.6 Å². The number of rotatable bonds is 8. The third kappa shape index (κ3) is 5.14. The largest absolute Gasteiger partial charge is 0.480 e. The Balaban J connectivity index is 1.39. The highest BCUT2D eigenvalue weighted by molar-refractivity contribution is 5.84. The first-order chi connectivity index (χ1) is 12.7. The summed E-state index contributed by atoms with van der Waals surface area (Å²) in [6.07, 6.45) is 7.70. The zero-order valence-electron chi connectivity index (χ0n) is 16.4. The molecule has 27 heavy (non-hydrogen) atoms. The van der Waals surface area contributed by atoms with Crippen molar-refractivity contribution in [1.82, 2.24) is 16.0 Å². The van der Waals surface area contributed by atoms with Gasteiger partial charge in [0.05, 0.1) is 0 Å². The van der Waals surface area contributed by atoms with Crippen molar-refractivity contribution in [2.24, 2.45) is 23.7 Å². The monoisotopic (exact) mass is 379 g/mol. The second kappa shape index (κ2) is 8.07. The third-order valence-corrected chi connectivity index (χ3v) is 6.39. The molecule has 4 rings (SSSR count). The normalized spacial score (nSPS) is 32.2. The Labute approximate surface area is 161 Å². The summed E-state index contributed by atoms with van der Waals surface area (Å²) < 4.78 is 0. The molecule has 7 nitrogen and oxygen atoms in total. The topological polar surface area (TPSA) is 108 Å². The van der Waals surface area contributed by atoms with E-state index in [4.69, 9.17) is 0 Å². The van der Waals surface area contributed by atoms with Crippen LogP contribution in [0.3, 0.4) is 0 Å². The number of hydrogen-bond donors (Lipinski definition) is 4. The van der Waals surface area contributed by atoms with Gasteiger partial charge in [0.15, 0.2) is 0 Å². The molecule has 4 aliphatic rings. The third-order valence-electron chi connectivity index (χ3n) is 6.39. The maximum absolute atomic E-state index is 12.3. The molecule has 0 radical (unpaired) electrons. The van der Waals surface area contributed by atoms with Crippen LogP contribution in [0.1, 0.15) is 65.2 Å². The van der Waals surface area contributed by atoms with Crippen LogP contribution in [0.4, 0.5) is 4.79 Å². The van der Waals surface area contributed by atoms with Crippen molar-refractivity contribution in [3.05, 3.63) is 0 Å². The van der Waals surface area contributed by atoms with Crippen LogP contribution in [-0.4, -0.2) is 41.1 Å². The Hall–Kier alpha value is -1.79. The van der Waals surface area contributed by atoms with Crippen molar-refractivity contribution in [1.29, 1.82) is 0 Å². The van der Waals surface area contributed by atoms with Gasteiger partial charge in [-0.2, -0.15) is 0 Å². The molecule has 0 saturated heterocycles. The molecule has 152 valence electrons. The molecule has 1 atom stereocenters. The summed E-state index contributed by atoms with van der Waals surface area (Å²) in [5.41, 5.74) is -0.0488. The second-order valence-electron chi connectivity index (χ2n) is 9.42. The van der Waals surface area contributed by atoms with Crippen molar-refractivity contribution >= 4 is 17.9 Å². The van der Waals surface area contributed by atoms with E-state index >= 15 is 0 Å². The fraction of sp³-hybridized carbons (Fsp3) is 0.850. The molecular weight excluding hydrogens is 346 g/mol. The number of hydrogen-bond acceptors (Lipinski definition) is 3. The van der Waals surface area contributed by atoms with Gasteiger partial charge in [0.1, 0.15) is 6.04 Å². The van der Waals surface area contributed by atoms with Crippen LogP contribution in [0.15, 0.2) is 0 Å².